The van der Waals surface area contributed by atoms with E-state index in [0.29, 0.717) is 31.2 Å². The zero-order valence-electron chi connectivity index (χ0n) is 16.2. The van der Waals surface area contributed by atoms with Crippen LogP contribution in [0.25, 0.3) is 11.5 Å². The summed E-state index contributed by atoms with van der Waals surface area (Å²) in [5.41, 5.74) is 1.47. The molecule has 4 heterocycles. The summed E-state index contributed by atoms with van der Waals surface area (Å²) in [5.74, 6) is 0.806. The second-order valence-electron chi connectivity index (χ2n) is 7.22. The van der Waals surface area contributed by atoms with E-state index in [9.17, 15) is 9.59 Å². The molecule has 0 aliphatic carbocycles. The molecule has 0 N–H and O–H groups in total. The largest absolute Gasteiger partial charge is 0.486 e. The Morgan fingerprint density at radius 2 is 2.00 bits per heavy atom. The first kappa shape index (κ1) is 18.4. The highest BCUT2D eigenvalue weighted by molar-refractivity contribution is 5.77. The minimum Gasteiger partial charge on any atom is -0.486 e. The zero-order chi connectivity index (χ0) is 20.5. The molecule has 1 aromatic carbocycles. The van der Waals surface area contributed by atoms with E-state index in [4.69, 9.17) is 14.0 Å². The summed E-state index contributed by atoms with van der Waals surface area (Å²) in [6.45, 7) is 1.51. The maximum absolute atomic E-state index is 13.1. The number of amides is 1. The van der Waals surface area contributed by atoms with Crippen LogP contribution in [0.15, 0.2) is 51.9 Å². The van der Waals surface area contributed by atoms with Crippen molar-refractivity contribution in [3.8, 4) is 23.0 Å². The number of nitrogens with zero attached hydrogens (tertiary/aromatic N) is 4. The predicted molar refractivity (Wildman–Crippen MR) is 105 cm³/mol. The van der Waals surface area contributed by atoms with Crippen LogP contribution in [0, 0.1) is 0 Å². The first-order chi connectivity index (χ1) is 14.7. The van der Waals surface area contributed by atoms with Crippen molar-refractivity contribution in [2.75, 3.05) is 19.8 Å². The number of rotatable bonds is 4. The molecular formula is C21H20N4O5. The second-order valence-corrected chi connectivity index (χ2v) is 7.22. The van der Waals surface area contributed by atoms with E-state index in [1.165, 1.54) is 4.57 Å². The Labute approximate surface area is 171 Å². The van der Waals surface area contributed by atoms with Crippen molar-refractivity contribution in [1.29, 1.82) is 0 Å². The number of carbonyl (C=O) groups is 1. The third-order valence-corrected chi connectivity index (χ3v) is 5.40. The first-order valence-corrected chi connectivity index (χ1v) is 9.87. The molecule has 0 saturated carbocycles. The van der Waals surface area contributed by atoms with Crippen LogP contribution in [-0.4, -0.2) is 45.3 Å². The number of pyridine rings is 1. The molecule has 2 aromatic heterocycles. The minimum atomic E-state index is -0.681. The highest BCUT2D eigenvalue weighted by Crippen LogP contribution is 2.38. The molecule has 30 heavy (non-hydrogen) atoms. The Morgan fingerprint density at radius 1 is 1.13 bits per heavy atom. The first-order valence-electron chi connectivity index (χ1n) is 9.87. The highest BCUT2D eigenvalue weighted by atomic mass is 16.6. The summed E-state index contributed by atoms with van der Waals surface area (Å²) in [7, 11) is 0. The van der Waals surface area contributed by atoms with Gasteiger partial charge in [-0.05, 0) is 42.7 Å². The van der Waals surface area contributed by atoms with Gasteiger partial charge in [0.25, 0.3) is 0 Å². The van der Waals surface area contributed by atoms with Crippen LogP contribution in [0.2, 0.25) is 0 Å². The molecule has 2 aliphatic rings. The summed E-state index contributed by atoms with van der Waals surface area (Å²) < 4.78 is 17.3. The fraction of sp³-hybridized carbons (Fsp3) is 0.333. The normalized spacial score (nSPS) is 17.9. The van der Waals surface area contributed by atoms with Gasteiger partial charge in [0.05, 0.1) is 6.04 Å². The lowest BCUT2D eigenvalue weighted by Crippen LogP contribution is -2.35. The Morgan fingerprint density at radius 3 is 2.83 bits per heavy atom. The van der Waals surface area contributed by atoms with Crippen LogP contribution in [0.4, 0.5) is 0 Å². The standard InChI is InChI=1S/C21H20N4O5/c26-19(13-25-20(23-30-21(25)27)15-4-1-2-8-22-15)24-9-3-5-16(24)14-6-7-17-18(12-14)29-11-10-28-17/h1-2,4,6-8,12,16H,3,5,9-11,13H2. The summed E-state index contributed by atoms with van der Waals surface area (Å²) in [4.78, 5) is 31.3. The van der Waals surface area contributed by atoms with Crippen LogP contribution in [0.5, 0.6) is 11.5 Å². The van der Waals surface area contributed by atoms with E-state index in [1.54, 1.807) is 29.3 Å². The van der Waals surface area contributed by atoms with E-state index < -0.39 is 5.76 Å². The molecule has 0 radical (unpaired) electrons. The van der Waals surface area contributed by atoms with E-state index in [-0.39, 0.29) is 24.3 Å². The van der Waals surface area contributed by atoms with Gasteiger partial charge in [-0.2, -0.15) is 0 Å². The third-order valence-electron chi connectivity index (χ3n) is 5.40. The van der Waals surface area contributed by atoms with E-state index in [1.807, 2.05) is 18.2 Å². The maximum atomic E-state index is 13.1. The molecule has 5 rings (SSSR count). The Hall–Kier alpha value is -3.62. The monoisotopic (exact) mass is 408 g/mol. The molecule has 1 amide bonds. The number of fused-ring (bicyclic) bond motifs is 1. The number of benzene rings is 1. The van der Waals surface area contributed by atoms with Gasteiger partial charge in [0.2, 0.25) is 11.7 Å². The fourth-order valence-electron chi connectivity index (χ4n) is 3.99. The SMILES string of the molecule is O=C(Cn1c(-c2ccccn2)noc1=O)N1CCCC1c1ccc2c(c1)OCCO2. The third kappa shape index (κ3) is 3.32. The minimum absolute atomic E-state index is 0.0813. The molecule has 1 atom stereocenters. The lowest BCUT2D eigenvalue weighted by molar-refractivity contribution is -0.132. The van der Waals surface area contributed by atoms with Crippen molar-refractivity contribution >= 4 is 5.91 Å². The quantitative estimate of drug-likeness (QED) is 0.651. The second kappa shape index (κ2) is 7.66. The van der Waals surface area contributed by atoms with Gasteiger partial charge >= 0.3 is 5.76 Å². The predicted octanol–water partition coefficient (Wildman–Crippen LogP) is 2.03. The molecule has 154 valence electrons. The number of ether oxygens (including phenoxy) is 2. The fourth-order valence-corrected chi connectivity index (χ4v) is 3.99. The molecule has 2 aliphatic heterocycles. The van der Waals surface area contributed by atoms with Crippen LogP contribution in [0.1, 0.15) is 24.4 Å². The van der Waals surface area contributed by atoms with Crippen LogP contribution in [0.3, 0.4) is 0 Å². The topological polar surface area (TPSA) is 99.7 Å². The molecule has 1 fully saturated rings. The maximum Gasteiger partial charge on any atom is 0.442 e. The molecule has 9 heteroatoms. The lowest BCUT2D eigenvalue weighted by Gasteiger charge is -2.27. The summed E-state index contributed by atoms with van der Waals surface area (Å²) in [6, 6.07) is 11.0. The van der Waals surface area contributed by atoms with Gasteiger partial charge in [0.15, 0.2) is 11.5 Å². The summed E-state index contributed by atoms with van der Waals surface area (Å²) in [5, 5.41) is 3.80. The number of likely N-dealkylation sites (tertiary alicyclic amines) is 1. The molecular weight excluding hydrogens is 388 g/mol. The van der Waals surface area contributed by atoms with Crippen molar-refractivity contribution in [3.63, 3.8) is 0 Å². The average Bonchev–Trinajstić information content (AvgIpc) is 3.41. The Kier molecular flexibility index (Phi) is 4.70. The van der Waals surface area contributed by atoms with Crippen molar-refractivity contribution in [1.82, 2.24) is 19.6 Å². The number of hydrogen-bond acceptors (Lipinski definition) is 7. The van der Waals surface area contributed by atoms with Crippen molar-refractivity contribution in [3.05, 3.63) is 58.7 Å². The van der Waals surface area contributed by atoms with Gasteiger partial charge in [0, 0.05) is 12.7 Å². The smallest absolute Gasteiger partial charge is 0.442 e. The van der Waals surface area contributed by atoms with Gasteiger partial charge in [-0.15, -0.1) is 0 Å². The van der Waals surface area contributed by atoms with Gasteiger partial charge < -0.3 is 14.4 Å². The molecule has 3 aromatic rings. The summed E-state index contributed by atoms with van der Waals surface area (Å²) >= 11 is 0. The highest BCUT2D eigenvalue weighted by Gasteiger charge is 2.32. The summed E-state index contributed by atoms with van der Waals surface area (Å²) in [6.07, 6.45) is 3.33. The van der Waals surface area contributed by atoms with E-state index >= 15 is 0 Å². The number of hydrogen-bond donors (Lipinski definition) is 0. The Bertz CT molecular complexity index is 1120. The van der Waals surface area contributed by atoms with Gasteiger partial charge in [-0.1, -0.05) is 17.3 Å². The van der Waals surface area contributed by atoms with E-state index in [2.05, 4.69) is 10.1 Å². The molecule has 1 saturated heterocycles. The number of carbonyl (C=O) groups excluding carboxylic acids is 1. The van der Waals surface area contributed by atoms with Gasteiger partial charge in [-0.25, -0.2) is 9.36 Å². The van der Waals surface area contributed by atoms with E-state index in [0.717, 1.165) is 24.2 Å². The Balaban J connectivity index is 1.39. The number of aromatic nitrogens is 3. The molecule has 9 nitrogen and oxygen atoms in total. The van der Waals surface area contributed by atoms with Crippen molar-refractivity contribution in [2.45, 2.75) is 25.4 Å². The van der Waals surface area contributed by atoms with Gasteiger partial charge in [0.1, 0.15) is 25.5 Å². The van der Waals surface area contributed by atoms with Crippen LogP contribution in [-0.2, 0) is 11.3 Å². The van der Waals surface area contributed by atoms with Crippen LogP contribution >= 0.6 is 0 Å². The van der Waals surface area contributed by atoms with Crippen molar-refractivity contribution in [2.24, 2.45) is 0 Å². The molecule has 0 bridgehead atoms. The lowest BCUT2D eigenvalue weighted by atomic mass is 10.0. The van der Waals surface area contributed by atoms with Gasteiger partial charge in [-0.3, -0.25) is 14.3 Å². The van der Waals surface area contributed by atoms with Crippen molar-refractivity contribution < 1.29 is 18.8 Å². The van der Waals surface area contributed by atoms with Crippen LogP contribution < -0.4 is 15.2 Å². The average molecular weight is 408 g/mol. The molecule has 0 spiro atoms. The molecule has 1 unspecified atom stereocenters. The zero-order valence-corrected chi connectivity index (χ0v) is 16.2.